The zero-order valence-electron chi connectivity index (χ0n) is 13.3. The Hall–Kier alpha value is -3.58. The van der Waals surface area contributed by atoms with Gasteiger partial charge in [0.1, 0.15) is 5.69 Å². The predicted molar refractivity (Wildman–Crippen MR) is 91.6 cm³/mol. The summed E-state index contributed by atoms with van der Waals surface area (Å²) < 4.78 is 0. The topological polar surface area (TPSA) is 114 Å². The number of allylic oxidation sites excluding steroid dienone is 2. The molecule has 0 saturated heterocycles. The smallest absolute Gasteiger partial charge is 0.354 e. The normalized spacial score (nSPS) is 20.8. The second kappa shape index (κ2) is 5.47. The van der Waals surface area contributed by atoms with Crippen LogP contribution < -0.4 is 0 Å². The standard InChI is InChI=1S/C19H12N2O5/c22-18(23)14-7-4-8-15(20-14)19(24)13-10-9-12(11-5-2-1-3-6-11)16(19)17(13)21(25)26/h1-10,24H,(H,22,23). The number of nitro groups is 1. The quantitative estimate of drug-likeness (QED) is 0.648. The molecule has 7 nitrogen and oxygen atoms in total. The molecule has 128 valence electrons. The van der Waals surface area contributed by atoms with Crippen molar-refractivity contribution in [2.75, 3.05) is 0 Å². The Kier molecular flexibility index (Phi) is 3.35. The fourth-order valence-electron chi connectivity index (χ4n) is 3.39. The number of carbonyl (C=O) groups is 1. The Balaban J connectivity index is 1.91. The van der Waals surface area contributed by atoms with E-state index in [1.165, 1.54) is 24.3 Å². The highest BCUT2D eigenvalue weighted by Gasteiger charge is 2.60. The van der Waals surface area contributed by atoms with Crippen LogP contribution in [0.4, 0.5) is 0 Å². The number of carboxylic acid groups (broad SMARTS) is 1. The van der Waals surface area contributed by atoms with Gasteiger partial charge in [-0.1, -0.05) is 42.5 Å². The first kappa shape index (κ1) is 15.9. The predicted octanol–water partition coefficient (Wildman–Crippen LogP) is 2.54. The molecule has 0 aliphatic heterocycles. The van der Waals surface area contributed by atoms with Crippen molar-refractivity contribution in [2.45, 2.75) is 5.60 Å². The van der Waals surface area contributed by atoms with Gasteiger partial charge in [-0.15, -0.1) is 0 Å². The third-order valence-corrected chi connectivity index (χ3v) is 4.54. The second-order valence-electron chi connectivity index (χ2n) is 5.93. The average molecular weight is 348 g/mol. The molecule has 0 radical (unpaired) electrons. The van der Waals surface area contributed by atoms with Gasteiger partial charge >= 0.3 is 5.97 Å². The maximum absolute atomic E-state index is 11.5. The minimum Gasteiger partial charge on any atom is -0.477 e. The lowest BCUT2D eigenvalue weighted by Crippen LogP contribution is -2.45. The van der Waals surface area contributed by atoms with Crippen LogP contribution in [0.2, 0.25) is 0 Å². The number of rotatable bonds is 4. The first-order valence-electron chi connectivity index (χ1n) is 7.75. The maximum Gasteiger partial charge on any atom is 0.354 e. The van der Waals surface area contributed by atoms with Crippen LogP contribution in [0.15, 0.2) is 77.5 Å². The molecule has 0 spiro atoms. The van der Waals surface area contributed by atoms with Crippen molar-refractivity contribution in [1.29, 1.82) is 0 Å². The molecule has 4 rings (SSSR count). The second-order valence-corrected chi connectivity index (χ2v) is 5.93. The van der Waals surface area contributed by atoms with E-state index >= 15 is 0 Å². The van der Waals surface area contributed by atoms with Crippen LogP contribution in [0.3, 0.4) is 0 Å². The van der Waals surface area contributed by atoms with E-state index in [4.69, 9.17) is 5.11 Å². The van der Waals surface area contributed by atoms with Crippen LogP contribution in [-0.4, -0.2) is 26.1 Å². The van der Waals surface area contributed by atoms with Gasteiger partial charge in [0.05, 0.1) is 21.8 Å². The van der Waals surface area contributed by atoms with E-state index < -0.39 is 16.5 Å². The van der Waals surface area contributed by atoms with Crippen LogP contribution in [0, 0.1) is 10.1 Å². The molecule has 0 amide bonds. The number of pyridine rings is 1. The number of aliphatic hydroxyl groups is 1. The SMILES string of the molecule is O=C(O)c1cccc(C2(O)c3ccc(-c4ccccc4)c2c3[N+](=O)[O-])n1. The van der Waals surface area contributed by atoms with Crippen LogP contribution in [0.1, 0.15) is 21.7 Å². The van der Waals surface area contributed by atoms with Crippen molar-refractivity contribution in [2.24, 2.45) is 0 Å². The van der Waals surface area contributed by atoms with E-state index in [0.717, 1.165) is 0 Å². The van der Waals surface area contributed by atoms with Gasteiger partial charge in [-0.3, -0.25) is 10.1 Å². The van der Waals surface area contributed by atoms with E-state index in [1.807, 2.05) is 6.07 Å². The molecule has 26 heavy (non-hydrogen) atoms. The number of nitrogens with zero attached hydrogens (tertiary/aromatic N) is 2. The lowest BCUT2D eigenvalue weighted by Gasteiger charge is -2.42. The summed E-state index contributed by atoms with van der Waals surface area (Å²) in [5, 5.41) is 32.0. The molecule has 7 heteroatoms. The van der Waals surface area contributed by atoms with Crippen molar-refractivity contribution >= 4 is 11.5 Å². The molecule has 1 unspecified atom stereocenters. The summed E-state index contributed by atoms with van der Waals surface area (Å²) in [4.78, 5) is 26.2. The summed E-state index contributed by atoms with van der Waals surface area (Å²) in [6.07, 6.45) is 3.20. The first-order valence-corrected chi connectivity index (χ1v) is 7.75. The summed E-state index contributed by atoms with van der Waals surface area (Å²) in [7, 11) is 0. The Bertz CT molecular complexity index is 1050. The van der Waals surface area contributed by atoms with Crippen molar-refractivity contribution in [3.8, 4) is 0 Å². The highest BCUT2D eigenvalue weighted by Crippen LogP contribution is 2.57. The number of benzene rings is 1. The van der Waals surface area contributed by atoms with Gasteiger partial charge in [0.25, 0.3) is 5.70 Å². The number of fused-ring (bicyclic) bond motifs is 2. The number of aromatic carboxylic acids is 1. The largest absolute Gasteiger partial charge is 0.477 e. The lowest BCUT2D eigenvalue weighted by atomic mass is 9.63. The van der Waals surface area contributed by atoms with Crippen molar-refractivity contribution in [1.82, 2.24) is 4.98 Å². The minimum absolute atomic E-state index is 0.0470. The molecule has 0 fully saturated rings. The molecular weight excluding hydrogens is 336 g/mol. The van der Waals surface area contributed by atoms with Crippen molar-refractivity contribution < 1.29 is 19.9 Å². The lowest BCUT2D eigenvalue weighted by molar-refractivity contribution is -0.429. The van der Waals surface area contributed by atoms with E-state index in [1.54, 1.807) is 30.3 Å². The molecule has 2 aliphatic carbocycles. The van der Waals surface area contributed by atoms with Crippen LogP contribution in [-0.2, 0) is 5.60 Å². The van der Waals surface area contributed by atoms with Crippen molar-refractivity contribution in [3.05, 3.63) is 105 Å². The highest BCUT2D eigenvalue weighted by atomic mass is 16.6. The third kappa shape index (κ3) is 2.04. The summed E-state index contributed by atoms with van der Waals surface area (Å²) in [6, 6.07) is 13.2. The van der Waals surface area contributed by atoms with E-state index in [9.17, 15) is 20.0 Å². The molecule has 0 saturated carbocycles. The highest BCUT2D eigenvalue weighted by molar-refractivity contribution is 5.92. The van der Waals surface area contributed by atoms with E-state index in [0.29, 0.717) is 11.1 Å². The molecule has 2 N–H and O–H groups in total. The first-order chi connectivity index (χ1) is 12.4. The third-order valence-electron chi connectivity index (χ3n) is 4.54. The zero-order valence-corrected chi connectivity index (χ0v) is 13.3. The van der Waals surface area contributed by atoms with Gasteiger partial charge in [-0.05, 0) is 29.3 Å². The molecule has 1 aromatic carbocycles. The van der Waals surface area contributed by atoms with Gasteiger partial charge in [0.15, 0.2) is 5.60 Å². The minimum atomic E-state index is -1.81. The summed E-state index contributed by atoms with van der Waals surface area (Å²) in [5.41, 5.74) is -0.721. The van der Waals surface area contributed by atoms with Crippen LogP contribution in [0.5, 0.6) is 0 Å². The molecule has 2 aromatic rings. The summed E-state index contributed by atoms with van der Waals surface area (Å²) >= 11 is 0. The summed E-state index contributed by atoms with van der Waals surface area (Å²) in [5.74, 6) is -1.24. The number of hydrogen-bond donors (Lipinski definition) is 2. The van der Waals surface area contributed by atoms with Crippen LogP contribution in [0.25, 0.3) is 5.57 Å². The van der Waals surface area contributed by atoms with Gasteiger partial charge < -0.3 is 10.2 Å². The number of carboxylic acids is 1. The Morgan fingerprint density at radius 2 is 1.81 bits per heavy atom. The summed E-state index contributed by atoms with van der Waals surface area (Å²) in [6.45, 7) is 0. The maximum atomic E-state index is 11.5. The molecule has 2 aliphatic rings. The van der Waals surface area contributed by atoms with E-state index in [-0.39, 0.29) is 28.2 Å². The van der Waals surface area contributed by atoms with Gasteiger partial charge in [0, 0.05) is 0 Å². The Morgan fingerprint density at radius 3 is 2.46 bits per heavy atom. The molecule has 1 atom stereocenters. The van der Waals surface area contributed by atoms with Crippen LogP contribution >= 0.6 is 0 Å². The average Bonchev–Trinajstić information content (AvgIpc) is 2.67. The Labute approximate surface area is 147 Å². The Morgan fingerprint density at radius 1 is 1.08 bits per heavy atom. The zero-order chi connectivity index (χ0) is 18.5. The van der Waals surface area contributed by atoms with E-state index in [2.05, 4.69) is 4.98 Å². The molecule has 1 aromatic heterocycles. The monoisotopic (exact) mass is 348 g/mol. The number of hydrogen-bond acceptors (Lipinski definition) is 5. The molecule has 2 bridgehead atoms. The van der Waals surface area contributed by atoms with Gasteiger partial charge in [0.2, 0.25) is 0 Å². The van der Waals surface area contributed by atoms with Gasteiger partial charge in [-0.2, -0.15) is 0 Å². The fraction of sp³-hybridized carbons (Fsp3) is 0.0526. The molecular formula is C19H12N2O5. The fourth-order valence-corrected chi connectivity index (χ4v) is 3.39. The number of aromatic nitrogens is 1. The van der Waals surface area contributed by atoms with Crippen molar-refractivity contribution in [3.63, 3.8) is 0 Å². The van der Waals surface area contributed by atoms with Gasteiger partial charge in [-0.25, -0.2) is 9.78 Å². The molecule has 1 heterocycles.